The highest BCUT2D eigenvalue weighted by Gasteiger charge is 2.25. The van der Waals surface area contributed by atoms with Crippen LogP contribution in [-0.4, -0.2) is 24.8 Å². The van der Waals surface area contributed by atoms with E-state index in [1.807, 2.05) is 13.0 Å². The fourth-order valence-electron chi connectivity index (χ4n) is 1.89. The van der Waals surface area contributed by atoms with Crippen LogP contribution < -0.4 is 5.73 Å². The van der Waals surface area contributed by atoms with E-state index in [2.05, 4.69) is 4.98 Å². The number of anilines is 1. The van der Waals surface area contributed by atoms with Gasteiger partial charge in [0.05, 0.1) is 12.2 Å². The average molecular weight is 309 g/mol. The van der Waals surface area contributed by atoms with E-state index in [1.165, 1.54) is 13.1 Å². The fourth-order valence-corrected chi connectivity index (χ4v) is 3.12. The molecule has 0 saturated carbocycles. The van der Waals surface area contributed by atoms with Crippen molar-refractivity contribution in [1.29, 1.82) is 0 Å². The Morgan fingerprint density at radius 2 is 2.00 bits per heavy atom. The molecule has 0 amide bonds. The van der Waals surface area contributed by atoms with Crippen LogP contribution in [0.25, 0.3) is 0 Å². The lowest BCUT2D eigenvalue weighted by Crippen LogP contribution is -2.27. The van der Waals surface area contributed by atoms with Crippen LogP contribution in [0.15, 0.2) is 41.3 Å². The Morgan fingerprint density at radius 3 is 2.67 bits per heavy atom. The molecule has 2 rings (SSSR count). The largest absolute Gasteiger partial charge is 0.399 e. The van der Waals surface area contributed by atoms with Gasteiger partial charge in [0.25, 0.3) is 0 Å². The molecule has 2 N–H and O–H groups in total. The summed E-state index contributed by atoms with van der Waals surface area (Å²) in [5.41, 5.74) is 7.10. The first-order valence-corrected chi connectivity index (χ1v) is 7.68. The maximum atomic E-state index is 13.8. The van der Waals surface area contributed by atoms with Crippen LogP contribution in [0.4, 0.5) is 10.1 Å². The van der Waals surface area contributed by atoms with Gasteiger partial charge in [0, 0.05) is 18.4 Å². The maximum Gasteiger partial charge on any atom is 0.246 e. The van der Waals surface area contributed by atoms with E-state index in [1.54, 1.807) is 12.1 Å². The number of pyridine rings is 1. The van der Waals surface area contributed by atoms with Crippen molar-refractivity contribution in [3.8, 4) is 0 Å². The Kier molecular flexibility index (Phi) is 4.24. The lowest BCUT2D eigenvalue weighted by molar-refractivity contribution is 0.455. The van der Waals surface area contributed by atoms with Crippen molar-refractivity contribution in [2.45, 2.75) is 18.4 Å². The summed E-state index contributed by atoms with van der Waals surface area (Å²) in [5.74, 6) is -0.826. The third kappa shape index (κ3) is 3.37. The van der Waals surface area contributed by atoms with E-state index in [9.17, 15) is 12.8 Å². The molecule has 0 radical (unpaired) electrons. The molecule has 0 spiro atoms. The summed E-state index contributed by atoms with van der Waals surface area (Å²) in [6.45, 7) is 1.87. The lowest BCUT2D eigenvalue weighted by atomic mass is 10.3. The Morgan fingerprint density at radius 1 is 1.29 bits per heavy atom. The second-order valence-electron chi connectivity index (χ2n) is 4.72. The zero-order valence-electron chi connectivity index (χ0n) is 11.7. The summed E-state index contributed by atoms with van der Waals surface area (Å²) in [4.78, 5) is 3.80. The van der Waals surface area contributed by atoms with Crippen LogP contribution in [0.3, 0.4) is 0 Å². The van der Waals surface area contributed by atoms with Crippen LogP contribution in [0, 0.1) is 12.7 Å². The van der Waals surface area contributed by atoms with Crippen molar-refractivity contribution in [2.75, 3.05) is 12.8 Å². The van der Waals surface area contributed by atoms with E-state index in [0.29, 0.717) is 5.69 Å². The van der Waals surface area contributed by atoms with Crippen molar-refractivity contribution in [3.05, 3.63) is 53.6 Å². The van der Waals surface area contributed by atoms with Crippen LogP contribution in [0.5, 0.6) is 0 Å². The number of nitrogens with zero attached hydrogens (tertiary/aromatic N) is 2. The molecule has 0 saturated heterocycles. The molecule has 1 heterocycles. The maximum absolute atomic E-state index is 13.8. The van der Waals surface area contributed by atoms with Crippen LogP contribution in [-0.2, 0) is 16.6 Å². The first-order valence-electron chi connectivity index (χ1n) is 6.24. The zero-order chi connectivity index (χ0) is 15.6. The summed E-state index contributed by atoms with van der Waals surface area (Å²) in [6, 6.07) is 8.80. The second kappa shape index (κ2) is 5.79. The van der Waals surface area contributed by atoms with Crippen molar-refractivity contribution in [3.63, 3.8) is 0 Å². The van der Waals surface area contributed by atoms with Crippen molar-refractivity contribution in [1.82, 2.24) is 9.29 Å². The molecule has 0 fully saturated rings. The van der Waals surface area contributed by atoms with Gasteiger partial charge in [-0.1, -0.05) is 6.07 Å². The molecule has 1 aromatic heterocycles. The van der Waals surface area contributed by atoms with Gasteiger partial charge < -0.3 is 5.73 Å². The predicted octanol–water partition coefficient (Wildman–Crippen LogP) is 1.93. The minimum atomic E-state index is -3.96. The van der Waals surface area contributed by atoms with Crippen LogP contribution in [0.2, 0.25) is 0 Å². The Hall–Kier alpha value is -1.99. The summed E-state index contributed by atoms with van der Waals surface area (Å²) in [7, 11) is -2.59. The standard InChI is InChI=1S/C14H16FN3O2S/c1-10-4-3-5-12(17-10)9-18(2)21(19,20)14-8-11(16)6-7-13(14)15/h3-8H,9,16H2,1-2H3. The van der Waals surface area contributed by atoms with Gasteiger partial charge >= 0.3 is 0 Å². The molecule has 0 atom stereocenters. The zero-order valence-corrected chi connectivity index (χ0v) is 12.6. The van der Waals surface area contributed by atoms with Gasteiger partial charge in [0.15, 0.2) is 0 Å². The average Bonchev–Trinajstić information content (AvgIpc) is 2.41. The first kappa shape index (κ1) is 15.4. The number of nitrogens with two attached hydrogens (primary N) is 1. The molecular formula is C14H16FN3O2S. The molecule has 2 aromatic rings. The molecule has 0 aliphatic rings. The molecule has 0 aliphatic heterocycles. The molecule has 112 valence electrons. The van der Waals surface area contributed by atoms with E-state index in [0.717, 1.165) is 22.1 Å². The van der Waals surface area contributed by atoms with Crippen LogP contribution >= 0.6 is 0 Å². The van der Waals surface area contributed by atoms with Crippen molar-refractivity contribution in [2.24, 2.45) is 0 Å². The predicted molar refractivity (Wildman–Crippen MR) is 78.4 cm³/mol. The van der Waals surface area contributed by atoms with Gasteiger partial charge in [-0.05, 0) is 37.3 Å². The smallest absolute Gasteiger partial charge is 0.246 e. The Balaban J connectivity index is 2.33. The number of aromatic nitrogens is 1. The van der Waals surface area contributed by atoms with E-state index < -0.39 is 20.7 Å². The van der Waals surface area contributed by atoms with E-state index >= 15 is 0 Å². The number of rotatable bonds is 4. The Bertz CT molecular complexity index is 763. The van der Waals surface area contributed by atoms with Gasteiger partial charge in [-0.3, -0.25) is 4.98 Å². The fraction of sp³-hybridized carbons (Fsp3) is 0.214. The molecule has 5 nitrogen and oxygen atoms in total. The van der Waals surface area contributed by atoms with Gasteiger partial charge in [-0.25, -0.2) is 12.8 Å². The topological polar surface area (TPSA) is 76.3 Å². The van der Waals surface area contributed by atoms with Gasteiger partial charge in [0.2, 0.25) is 10.0 Å². The molecule has 0 aliphatic carbocycles. The Labute approximate surface area is 123 Å². The molecule has 0 unspecified atom stereocenters. The highest BCUT2D eigenvalue weighted by Crippen LogP contribution is 2.22. The highest BCUT2D eigenvalue weighted by molar-refractivity contribution is 7.89. The minimum absolute atomic E-state index is 0.0538. The van der Waals surface area contributed by atoms with Gasteiger partial charge in [0.1, 0.15) is 10.7 Å². The summed E-state index contributed by atoms with van der Waals surface area (Å²) in [5, 5.41) is 0. The number of sulfonamides is 1. The monoisotopic (exact) mass is 309 g/mol. The lowest BCUT2D eigenvalue weighted by Gasteiger charge is -2.17. The third-order valence-corrected chi connectivity index (χ3v) is 4.79. The quantitative estimate of drug-likeness (QED) is 0.876. The minimum Gasteiger partial charge on any atom is -0.399 e. The highest BCUT2D eigenvalue weighted by atomic mass is 32.2. The molecule has 21 heavy (non-hydrogen) atoms. The normalized spacial score (nSPS) is 11.8. The number of hydrogen-bond acceptors (Lipinski definition) is 4. The molecule has 7 heteroatoms. The summed E-state index contributed by atoms with van der Waals surface area (Å²) in [6.07, 6.45) is 0. The third-order valence-electron chi connectivity index (χ3n) is 2.97. The SMILES string of the molecule is Cc1cccc(CN(C)S(=O)(=O)c2cc(N)ccc2F)n1. The number of nitrogen functional groups attached to an aromatic ring is 1. The van der Waals surface area contributed by atoms with E-state index in [4.69, 9.17) is 5.73 Å². The first-order chi connectivity index (χ1) is 9.80. The number of halogens is 1. The molecule has 1 aromatic carbocycles. The second-order valence-corrected chi connectivity index (χ2v) is 6.73. The summed E-state index contributed by atoms with van der Waals surface area (Å²) < 4.78 is 39.6. The van der Waals surface area contributed by atoms with Gasteiger partial charge in [-0.2, -0.15) is 4.31 Å². The number of benzene rings is 1. The number of aryl methyl sites for hydroxylation is 1. The summed E-state index contributed by atoms with van der Waals surface area (Å²) >= 11 is 0. The van der Waals surface area contributed by atoms with Crippen molar-refractivity contribution < 1.29 is 12.8 Å². The van der Waals surface area contributed by atoms with Crippen molar-refractivity contribution >= 4 is 15.7 Å². The van der Waals surface area contributed by atoms with Gasteiger partial charge in [-0.15, -0.1) is 0 Å². The van der Waals surface area contributed by atoms with E-state index in [-0.39, 0.29) is 12.2 Å². The molecular weight excluding hydrogens is 293 g/mol. The number of hydrogen-bond donors (Lipinski definition) is 1. The van der Waals surface area contributed by atoms with Crippen LogP contribution in [0.1, 0.15) is 11.4 Å². The molecule has 0 bridgehead atoms.